The zero-order valence-corrected chi connectivity index (χ0v) is 11.7. The van der Waals surface area contributed by atoms with Crippen LogP contribution >= 0.6 is 0 Å². The van der Waals surface area contributed by atoms with Crippen LogP contribution in [0.25, 0.3) is 11.0 Å². The van der Waals surface area contributed by atoms with Crippen molar-refractivity contribution >= 4 is 16.9 Å². The Morgan fingerprint density at radius 1 is 1.22 bits per heavy atom. The molecule has 0 saturated heterocycles. The van der Waals surface area contributed by atoms with E-state index in [1.165, 1.54) is 11.1 Å². The van der Waals surface area contributed by atoms with Gasteiger partial charge in [0.2, 0.25) is 5.91 Å². The van der Waals surface area contributed by atoms with Gasteiger partial charge in [0.1, 0.15) is 6.33 Å². The number of aryl methyl sites for hydroxylation is 2. The number of aromatic nitrogens is 2. The molecule has 3 nitrogen and oxygen atoms in total. The second-order valence-electron chi connectivity index (χ2n) is 6.17. The summed E-state index contributed by atoms with van der Waals surface area (Å²) in [6, 6.07) is 4.07. The summed E-state index contributed by atoms with van der Waals surface area (Å²) in [5.41, 5.74) is 4.18. The molecule has 0 aliphatic carbocycles. The molecule has 18 heavy (non-hydrogen) atoms. The lowest BCUT2D eigenvalue weighted by atomic mass is 9.92. The molecule has 0 aliphatic heterocycles. The SMILES string of the molecule is Cc1cc2ncn(C(=O)CC(C)(C)C)c2cc1C. The van der Waals surface area contributed by atoms with E-state index in [-0.39, 0.29) is 11.3 Å². The Morgan fingerprint density at radius 3 is 2.44 bits per heavy atom. The van der Waals surface area contributed by atoms with Crippen molar-refractivity contribution in [3.63, 3.8) is 0 Å². The number of hydrogen-bond donors (Lipinski definition) is 0. The number of fused-ring (bicyclic) bond motifs is 1. The molecule has 2 rings (SSSR count). The van der Waals surface area contributed by atoms with Crippen molar-refractivity contribution in [3.05, 3.63) is 29.6 Å². The van der Waals surface area contributed by atoms with Crippen molar-refractivity contribution in [2.45, 2.75) is 41.0 Å². The fourth-order valence-electron chi connectivity index (χ4n) is 2.00. The summed E-state index contributed by atoms with van der Waals surface area (Å²) in [7, 11) is 0. The highest BCUT2D eigenvalue weighted by atomic mass is 16.2. The van der Waals surface area contributed by atoms with Crippen molar-refractivity contribution in [2.24, 2.45) is 5.41 Å². The molecule has 1 aromatic heterocycles. The van der Waals surface area contributed by atoms with Crippen LogP contribution in [0.15, 0.2) is 18.5 Å². The Kier molecular flexibility index (Phi) is 3.01. The van der Waals surface area contributed by atoms with Gasteiger partial charge in [-0.15, -0.1) is 0 Å². The lowest BCUT2D eigenvalue weighted by molar-refractivity contribution is 0.0861. The minimum Gasteiger partial charge on any atom is -0.274 e. The molecule has 0 fully saturated rings. The number of carbonyl (C=O) groups is 1. The number of carbonyl (C=O) groups excluding carboxylic acids is 1. The van der Waals surface area contributed by atoms with Gasteiger partial charge in [0.25, 0.3) is 0 Å². The molecule has 1 heterocycles. The highest BCUT2D eigenvalue weighted by Gasteiger charge is 2.19. The minimum absolute atomic E-state index is 0.00653. The topological polar surface area (TPSA) is 34.9 Å². The van der Waals surface area contributed by atoms with E-state index >= 15 is 0 Å². The van der Waals surface area contributed by atoms with Crippen molar-refractivity contribution in [2.75, 3.05) is 0 Å². The highest BCUT2D eigenvalue weighted by Crippen LogP contribution is 2.23. The van der Waals surface area contributed by atoms with Gasteiger partial charge in [0.15, 0.2) is 0 Å². The zero-order valence-electron chi connectivity index (χ0n) is 11.7. The predicted molar refractivity (Wildman–Crippen MR) is 73.9 cm³/mol. The fourth-order valence-corrected chi connectivity index (χ4v) is 2.00. The average molecular weight is 244 g/mol. The molecular formula is C15H20N2O. The Balaban J connectivity index is 2.46. The van der Waals surface area contributed by atoms with E-state index in [0.29, 0.717) is 6.42 Å². The summed E-state index contributed by atoms with van der Waals surface area (Å²) in [6.07, 6.45) is 2.16. The molecule has 0 amide bonds. The molecule has 2 aromatic rings. The number of benzene rings is 1. The van der Waals surface area contributed by atoms with Crippen molar-refractivity contribution < 1.29 is 4.79 Å². The summed E-state index contributed by atoms with van der Waals surface area (Å²) >= 11 is 0. The maximum atomic E-state index is 12.3. The van der Waals surface area contributed by atoms with Crippen molar-refractivity contribution in [1.29, 1.82) is 0 Å². The van der Waals surface area contributed by atoms with Gasteiger partial charge in [-0.3, -0.25) is 9.36 Å². The first-order valence-electron chi connectivity index (χ1n) is 6.25. The largest absolute Gasteiger partial charge is 0.274 e. The van der Waals surface area contributed by atoms with Crippen LogP contribution < -0.4 is 0 Å². The minimum atomic E-state index is -0.00653. The monoisotopic (exact) mass is 244 g/mol. The second-order valence-corrected chi connectivity index (χ2v) is 6.17. The first-order valence-corrected chi connectivity index (χ1v) is 6.25. The first-order chi connectivity index (χ1) is 8.28. The second kappa shape index (κ2) is 4.23. The Bertz CT molecular complexity index is 603. The number of rotatable bonds is 1. The Morgan fingerprint density at radius 2 is 1.83 bits per heavy atom. The van der Waals surface area contributed by atoms with E-state index in [4.69, 9.17) is 0 Å². The third-order valence-electron chi connectivity index (χ3n) is 3.11. The average Bonchev–Trinajstić information content (AvgIpc) is 2.59. The molecule has 0 bridgehead atoms. The van der Waals surface area contributed by atoms with Gasteiger partial charge in [-0.05, 0) is 42.5 Å². The molecule has 0 unspecified atom stereocenters. The van der Waals surface area contributed by atoms with Gasteiger partial charge in [0, 0.05) is 6.42 Å². The third kappa shape index (κ3) is 2.45. The van der Waals surface area contributed by atoms with Crippen LogP contribution in [0.3, 0.4) is 0 Å². The molecule has 0 atom stereocenters. The first kappa shape index (κ1) is 12.8. The van der Waals surface area contributed by atoms with Gasteiger partial charge in [0.05, 0.1) is 11.0 Å². The van der Waals surface area contributed by atoms with Crippen LogP contribution in [0.2, 0.25) is 0 Å². The van der Waals surface area contributed by atoms with E-state index in [2.05, 4.69) is 39.6 Å². The van der Waals surface area contributed by atoms with Gasteiger partial charge in [-0.1, -0.05) is 20.8 Å². The smallest absolute Gasteiger partial charge is 0.232 e. The van der Waals surface area contributed by atoms with E-state index in [1.54, 1.807) is 10.9 Å². The third-order valence-corrected chi connectivity index (χ3v) is 3.11. The summed E-state index contributed by atoms with van der Waals surface area (Å²) in [5.74, 6) is 0.105. The molecular weight excluding hydrogens is 224 g/mol. The normalized spacial score (nSPS) is 12.1. The molecule has 0 saturated carbocycles. The van der Waals surface area contributed by atoms with Crippen LogP contribution in [-0.2, 0) is 0 Å². The van der Waals surface area contributed by atoms with Crippen LogP contribution in [-0.4, -0.2) is 15.5 Å². The highest BCUT2D eigenvalue weighted by molar-refractivity contribution is 5.91. The lowest BCUT2D eigenvalue weighted by Crippen LogP contribution is -2.18. The van der Waals surface area contributed by atoms with Crippen molar-refractivity contribution in [1.82, 2.24) is 9.55 Å². The molecule has 3 heteroatoms. The quantitative estimate of drug-likeness (QED) is 0.766. The Labute approximate surface area is 108 Å². The van der Waals surface area contributed by atoms with Crippen LogP contribution in [0.5, 0.6) is 0 Å². The van der Waals surface area contributed by atoms with Crippen LogP contribution in [0.4, 0.5) is 0 Å². The molecule has 96 valence electrons. The van der Waals surface area contributed by atoms with Gasteiger partial charge in [-0.25, -0.2) is 4.98 Å². The van der Waals surface area contributed by atoms with Gasteiger partial charge < -0.3 is 0 Å². The standard InChI is InChI=1S/C15H20N2O/c1-10-6-12-13(7-11(10)2)17(9-16-12)14(18)8-15(3,4)5/h6-7,9H,8H2,1-5H3. The summed E-state index contributed by atoms with van der Waals surface area (Å²) in [4.78, 5) is 16.6. The summed E-state index contributed by atoms with van der Waals surface area (Å²) in [5, 5.41) is 0. The maximum Gasteiger partial charge on any atom is 0.232 e. The molecule has 0 N–H and O–H groups in total. The van der Waals surface area contributed by atoms with Gasteiger partial charge >= 0.3 is 0 Å². The number of hydrogen-bond acceptors (Lipinski definition) is 2. The van der Waals surface area contributed by atoms with E-state index in [9.17, 15) is 4.79 Å². The number of imidazole rings is 1. The molecule has 0 spiro atoms. The predicted octanol–water partition coefficient (Wildman–Crippen LogP) is 3.73. The zero-order chi connectivity index (χ0) is 13.5. The van der Waals surface area contributed by atoms with Crippen LogP contribution in [0.1, 0.15) is 43.1 Å². The Hall–Kier alpha value is -1.64. The molecule has 0 aliphatic rings. The fraction of sp³-hybridized carbons (Fsp3) is 0.467. The summed E-state index contributed by atoms with van der Waals surface area (Å²) < 4.78 is 1.67. The van der Waals surface area contributed by atoms with Crippen molar-refractivity contribution in [3.8, 4) is 0 Å². The van der Waals surface area contributed by atoms with Gasteiger partial charge in [-0.2, -0.15) is 0 Å². The van der Waals surface area contributed by atoms with E-state index < -0.39 is 0 Å². The molecule has 1 aromatic carbocycles. The molecule has 0 radical (unpaired) electrons. The maximum absolute atomic E-state index is 12.3. The summed E-state index contributed by atoms with van der Waals surface area (Å²) in [6.45, 7) is 10.3. The number of nitrogens with zero attached hydrogens (tertiary/aromatic N) is 2. The van der Waals surface area contributed by atoms with E-state index in [1.807, 2.05) is 12.1 Å². The lowest BCUT2D eigenvalue weighted by Gasteiger charge is -2.17. The van der Waals surface area contributed by atoms with E-state index in [0.717, 1.165) is 11.0 Å². The van der Waals surface area contributed by atoms with Crippen LogP contribution in [0, 0.1) is 19.3 Å².